The summed E-state index contributed by atoms with van der Waals surface area (Å²) in [7, 11) is 0. The van der Waals surface area contributed by atoms with Gasteiger partial charge in [-0.25, -0.2) is 0 Å². The van der Waals surface area contributed by atoms with Gasteiger partial charge in [0.05, 0.1) is 0 Å². The van der Waals surface area contributed by atoms with Gasteiger partial charge in [-0.15, -0.1) is 0 Å². The van der Waals surface area contributed by atoms with Crippen LogP contribution in [0.1, 0.15) is 50.3 Å². The van der Waals surface area contributed by atoms with Crippen LogP contribution in [0.4, 0.5) is 0 Å². The molecule has 2 amide bonds. The zero-order valence-corrected chi connectivity index (χ0v) is 19.8. The Morgan fingerprint density at radius 3 is 2.29 bits per heavy atom. The van der Waals surface area contributed by atoms with Crippen molar-refractivity contribution in [2.45, 2.75) is 66.1 Å². The van der Waals surface area contributed by atoms with E-state index >= 15 is 0 Å². The molecule has 2 aromatic carbocycles. The first-order valence-corrected chi connectivity index (χ1v) is 11.2. The lowest BCUT2D eigenvalue weighted by molar-refractivity contribution is -0.143. The topological polar surface area (TPSA) is 58.6 Å². The van der Waals surface area contributed by atoms with Gasteiger partial charge in [-0.3, -0.25) is 9.59 Å². The molecule has 0 bridgehead atoms. The van der Waals surface area contributed by atoms with Gasteiger partial charge in [-0.2, -0.15) is 0 Å². The van der Waals surface area contributed by atoms with Crippen LogP contribution in [0, 0.1) is 13.8 Å². The first-order valence-electron chi connectivity index (χ1n) is 10.8. The average molecular weight is 445 g/mol. The van der Waals surface area contributed by atoms with Crippen LogP contribution < -0.4 is 10.1 Å². The largest absolute Gasteiger partial charge is 0.484 e. The molecule has 0 aliphatic heterocycles. The van der Waals surface area contributed by atoms with E-state index in [2.05, 4.69) is 5.32 Å². The summed E-state index contributed by atoms with van der Waals surface area (Å²) in [6.07, 6.45) is 1.30. The van der Waals surface area contributed by atoms with Crippen molar-refractivity contribution in [2.75, 3.05) is 6.61 Å². The van der Waals surface area contributed by atoms with E-state index in [-0.39, 0.29) is 31.0 Å². The standard InChI is InChI=1S/C25H33ClN2O3/c1-6-19(5)27-25(30)23(7-2)28(15-20-10-8-9-11-22(20)26)24(29)16-31-21-13-17(3)12-18(4)14-21/h8-14,19,23H,6-7,15-16H2,1-5H3,(H,27,30)/t19-,23-/m0/s1. The van der Waals surface area contributed by atoms with E-state index in [1.165, 1.54) is 0 Å². The molecule has 0 aliphatic rings. The molecule has 6 heteroatoms. The molecule has 0 unspecified atom stereocenters. The normalized spacial score (nSPS) is 12.7. The molecule has 1 N–H and O–H groups in total. The Bertz CT molecular complexity index is 880. The van der Waals surface area contributed by atoms with E-state index in [4.69, 9.17) is 16.3 Å². The molecule has 0 fully saturated rings. The van der Waals surface area contributed by atoms with Crippen LogP contribution in [0.5, 0.6) is 5.75 Å². The van der Waals surface area contributed by atoms with Gasteiger partial charge < -0.3 is 15.0 Å². The van der Waals surface area contributed by atoms with Gasteiger partial charge in [0.1, 0.15) is 11.8 Å². The summed E-state index contributed by atoms with van der Waals surface area (Å²) >= 11 is 6.35. The molecule has 0 saturated carbocycles. The van der Waals surface area contributed by atoms with Crippen LogP contribution in [0.25, 0.3) is 0 Å². The van der Waals surface area contributed by atoms with Crippen molar-refractivity contribution in [1.82, 2.24) is 10.2 Å². The monoisotopic (exact) mass is 444 g/mol. The Hall–Kier alpha value is -2.53. The van der Waals surface area contributed by atoms with Crippen LogP contribution in [0.15, 0.2) is 42.5 Å². The number of benzene rings is 2. The number of hydrogen-bond donors (Lipinski definition) is 1. The molecule has 0 heterocycles. The lowest BCUT2D eigenvalue weighted by Gasteiger charge is -2.31. The minimum Gasteiger partial charge on any atom is -0.484 e. The fourth-order valence-electron chi connectivity index (χ4n) is 3.41. The van der Waals surface area contributed by atoms with Crippen LogP contribution in [0.3, 0.4) is 0 Å². The molecule has 0 radical (unpaired) electrons. The summed E-state index contributed by atoms with van der Waals surface area (Å²) in [6.45, 7) is 9.92. The molecule has 2 rings (SSSR count). The number of nitrogens with one attached hydrogen (secondary N) is 1. The molecular formula is C25H33ClN2O3. The molecule has 31 heavy (non-hydrogen) atoms. The molecule has 5 nitrogen and oxygen atoms in total. The predicted molar refractivity (Wildman–Crippen MR) is 125 cm³/mol. The van der Waals surface area contributed by atoms with Crippen LogP contribution in [-0.4, -0.2) is 35.4 Å². The lowest BCUT2D eigenvalue weighted by atomic mass is 10.1. The first-order chi connectivity index (χ1) is 14.7. The molecule has 0 saturated heterocycles. The smallest absolute Gasteiger partial charge is 0.261 e. The third-order valence-corrected chi connectivity index (χ3v) is 5.61. The SMILES string of the molecule is CC[C@H](C)NC(=O)[C@H](CC)N(Cc1ccccc1Cl)C(=O)COc1cc(C)cc(C)c1. The second kappa shape index (κ2) is 11.8. The fraction of sp³-hybridized carbons (Fsp3) is 0.440. The molecule has 0 aliphatic carbocycles. The highest BCUT2D eigenvalue weighted by Crippen LogP contribution is 2.21. The molecule has 168 valence electrons. The van der Waals surface area contributed by atoms with Crippen LogP contribution in [0.2, 0.25) is 5.02 Å². The van der Waals surface area contributed by atoms with Gasteiger partial charge in [0.15, 0.2) is 6.61 Å². The number of carbonyl (C=O) groups is 2. The summed E-state index contributed by atoms with van der Waals surface area (Å²) in [5, 5.41) is 3.56. The summed E-state index contributed by atoms with van der Waals surface area (Å²) in [5.74, 6) is 0.217. The van der Waals surface area contributed by atoms with Crippen LogP contribution in [-0.2, 0) is 16.1 Å². The van der Waals surface area contributed by atoms with Crippen molar-refractivity contribution in [1.29, 1.82) is 0 Å². The number of rotatable bonds is 10. The van der Waals surface area contributed by atoms with Crippen molar-refractivity contribution in [3.8, 4) is 5.75 Å². The predicted octanol–water partition coefficient (Wildman–Crippen LogP) is 5.06. The minimum absolute atomic E-state index is 0.0327. The second-order valence-corrected chi connectivity index (χ2v) is 8.37. The van der Waals surface area contributed by atoms with E-state index < -0.39 is 6.04 Å². The van der Waals surface area contributed by atoms with Crippen molar-refractivity contribution in [3.05, 3.63) is 64.2 Å². The number of ether oxygens (including phenoxy) is 1. The maximum Gasteiger partial charge on any atom is 0.261 e. The summed E-state index contributed by atoms with van der Waals surface area (Å²) in [5.41, 5.74) is 2.92. The van der Waals surface area contributed by atoms with Crippen molar-refractivity contribution in [2.24, 2.45) is 0 Å². The number of amides is 2. The lowest BCUT2D eigenvalue weighted by Crippen LogP contribution is -2.51. The summed E-state index contributed by atoms with van der Waals surface area (Å²) in [4.78, 5) is 27.8. The Kier molecular flexibility index (Phi) is 9.38. The Morgan fingerprint density at radius 2 is 1.71 bits per heavy atom. The molecular weight excluding hydrogens is 412 g/mol. The third-order valence-electron chi connectivity index (χ3n) is 5.24. The highest BCUT2D eigenvalue weighted by atomic mass is 35.5. The van der Waals surface area contributed by atoms with Crippen molar-refractivity contribution >= 4 is 23.4 Å². The average Bonchev–Trinajstić information content (AvgIpc) is 2.72. The molecule has 2 aromatic rings. The Morgan fingerprint density at radius 1 is 1.06 bits per heavy atom. The summed E-state index contributed by atoms with van der Waals surface area (Å²) in [6, 6.07) is 12.6. The van der Waals surface area contributed by atoms with Crippen molar-refractivity contribution in [3.63, 3.8) is 0 Å². The quantitative estimate of drug-likeness (QED) is 0.557. The van der Waals surface area contributed by atoms with Crippen molar-refractivity contribution < 1.29 is 14.3 Å². The fourth-order valence-corrected chi connectivity index (χ4v) is 3.61. The van der Waals surface area contributed by atoms with E-state index in [0.29, 0.717) is 17.2 Å². The highest BCUT2D eigenvalue weighted by molar-refractivity contribution is 6.31. The van der Waals surface area contributed by atoms with E-state index in [0.717, 1.165) is 23.1 Å². The van der Waals surface area contributed by atoms with Gasteiger partial charge in [0, 0.05) is 17.6 Å². The molecule has 2 atom stereocenters. The van der Waals surface area contributed by atoms with Gasteiger partial charge in [0.2, 0.25) is 5.91 Å². The van der Waals surface area contributed by atoms with Gasteiger partial charge in [-0.1, -0.05) is 49.7 Å². The van der Waals surface area contributed by atoms with Gasteiger partial charge in [-0.05, 0) is 68.5 Å². The van der Waals surface area contributed by atoms with E-state index in [9.17, 15) is 9.59 Å². The van der Waals surface area contributed by atoms with Crippen LogP contribution >= 0.6 is 11.6 Å². The maximum absolute atomic E-state index is 13.2. The number of nitrogens with zero attached hydrogens (tertiary/aromatic N) is 1. The second-order valence-electron chi connectivity index (χ2n) is 7.97. The Labute approximate surface area is 190 Å². The van der Waals surface area contributed by atoms with E-state index in [1.807, 2.05) is 71.0 Å². The summed E-state index contributed by atoms with van der Waals surface area (Å²) < 4.78 is 5.80. The zero-order chi connectivity index (χ0) is 23.0. The number of aryl methyl sites for hydroxylation is 2. The number of halogens is 1. The zero-order valence-electron chi connectivity index (χ0n) is 19.1. The Balaban J connectivity index is 2.25. The maximum atomic E-state index is 13.2. The van der Waals surface area contributed by atoms with Gasteiger partial charge in [0.25, 0.3) is 5.91 Å². The van der Waals surface area contributed by atoms with Gasteiger partial charge >= 0.3 is 0 Å². The third kappa shape index (κ3) is 7.28. The number of hydrogen-bond acceptors (Lipinski definition) is 3. The molecule has 0 aromatic heterocycles. The highest BCUT2D eigenvalue weighted by Gasteiger charge is 2.30. The first kappa shape index (κ1) is 24.7. The number of carbonyl (C=O) groups excluding carboxylic acids is 2. The molecule has 0 spiro atoms. The minimum atomic E-state index is -0.611. The van der Waals surface area contributed by atoms with E-state index in [1.54, 1.807) is 11.0 Å².